The van der Waals surface area contributed by atoms with Crippen LogP contribution < -0.4 is 10.5 Å². The minimum atomic E-state index is -3.48. The van der Waals surface area contributed by atoms with Crippen LogP contribution in [0.1, 0.15) is 50.2 Å². The highest BCUT2D eigenvalue weighted by Crippen LogP contribution is 2.25. The molecule has 5 heteroatoms. The van der Waals surface area contributed by atoms with Crippen LogP contribution in [0.5, 0.6) is 0 Å². The molecule has 0 heterocycles. The van der Waals surface area contributed by atoms with Crippen LogP contribution in [-0.2, 0) is 16.6 Å². The van der Waals surface area contributed by atoms with E-state index >= 15 is 0 Å². The van der Waals surface area contributed by atoms with Crippen molar-refractivity contribution in [3.63, 3.8) is 0 Å². The molecule has 0 bridgehead atoms. The fourth-order valence-electron chi connectivity index (χ4n) is 2.99. The van der Waals surface area contributed by atoms with Gasteiger partial charge >= 0.3 is 0 Å². The molecule has 0 aliphatic heterocycles. The van der Waals surface area contributed by atoms with E-state index in [0.29, 0.717) is 17.4 Å². The molecule has 0 amide bonds. The Bertz CT molecular complexity index is 584. The molecule has 1 aromatic rings. The second-order valence-corrected chi connectivity index (χ2v) is 7.83. The summed E-state index contributed by atoms with van der Waals surface area (Å²) in [7, 11) is -3.48. The second kappa shape index (κ2) is 6.90. The van der Waals surface area contributed by atoms with E-state index in [9.17, 15) is 8.42 Å². The van der Waals surface area contributed by atoms with Crippen LogP contribution in [-0.4, -0.2) is 14.5 Å². The third-order valence-corrected chi connectivity index (χ3v) is 6.08. The Morgan fingerprint density at radius 1 is 1.24 bits per heavy atom. The molecular weight excluding hydrogens is 284 g/mol. The maximum absolute atomic E-state index is 12.7. The Balaban J connectivity index is 2.25. The third-order valence-electron chi connectivity index (χ3n) is 4.45. The SMILES string of the molecule is Cc1ccc(CN)cc1S(=O)(=O)NC1CCCCCC1C. The highest BCUT2D eigenvalue weighted by Gasteiger charge is 2.26. The molecule has 0 aromatic heterocycles. The van der Waals surface area contributed by atoms with E-state index in [-0.39, 0.29) is 6.04 Å². The molecule has 1 saturated carbocycles. The summed E-state index contributed by atoms with van der Waals surface area (Å²) in [5.41, 5.74) is 7.23. The summed E-state index contributed by atoms with van der Waals surface area (Å²) in [6.45, 7) is 4.32. The Morgan fingerprint density at radius 3 is 2.67 bits per heavy atom. The highest BCUT2D eigenvalue weighted by molar-refractivity contribution is 7.89. The largest absolute Gasteiger partial charge is 0.326 e. The zero-order valence-electron chi connectivity index (χ0n) is 12.9. The standard InChI is InChI=1S/C16H26N2O2S/c1-12-6-4-3-5-7-15(12)18-21(19,20)16-10-14(11-17)9-8-13(16)2/h8-10,12,15,18H,3-7,11,17H2,1-2H3. The van der Waals surface area contributed by atoms with Crippen LogP contribution in [0.3, 0.4) is 0 Å². The Kier molecular flexibility index (Phi) is 5.41. The van der Waals surface area contributed by atoms with Crippen molar-refractivity contribution < 1.29 is 8.42 Å². The van der Waals surface area contributed by atoms with Crippen molar-refractivity contribution in [2.45, 2.75) is 63.4 Å². The second-order valence-electron chi connectivity index (χ2n) is 6.15. The van der Waals surface area contributed by atoms with Crippen molar-refractivity contribution in [3.8, 4) is 0 Å². The quantitative estimate of drug-likeness (QED) is 0.840. The molecule has 2 rings (SSSR count). The van der Waals surface area contributed by atoms with Crippen LogP contribution in [0, 0.1) is 12.8 Å². The van der Waals surface area contributed by atoms with Gasteiger partial charge in [-0.2, -0.15) is 0 Å². The van der Waals surface area contributed by atoms with Gasteiger partial charge in [-0.1, -0.05) is 38.3 Å². The molecule has 0 spiro atoms. The van der Waals surface area contributed by atoms with Gasteiger partial charge in [-0.25, -0.2) is 13.1 Å². The summed E-state index contributed by atoms with van der Waals surface area (Å²) < 4.78 is 28.3. The van der Waals surface area contributed by atoms with Crippen LogP contribution in [0.15, 0.2) is 23.1 Å². The number of hydrogen-bond acceptors (Lipinski definition) is 3. The monoisotopic (exact) mass is 310 g/mol. The van der Waals surface area contributed by atoms with Crippen molar-refractivity contribution in [1.29, 1.82) is 0 Å². The van der Waals surface area contributed by atoms with E-state index in [1.165, 1.54) is 12.8 Å². The highest BCUT2D eigenvalue weighted by atomic mass is 32.2. The predicted octanol–water partition coefficient (Wildman–Crippen LogP) is 2.70. The number of nitrogens with one attached hydrogen (secondary N) is 1. The summed E-state index contributed by atoms with van der Waals surface area (Å²) in [5.74, 6) is 0.389. The lowest BCUT2D eigenvalue weighted by Gasteiger charge is -2.23. The minimum absolute atomic E-state index is 0.0402. The molecule has 1 aliphatic rings. The fourth-order valence-corrected chi connectivity index (χ4v) is 4.67. The number of rotatable bonds is 4. The van der Waals surface area contributed by atoms with E-state index in [4.69, 9.17) is 5.73 Å². The van der Waals surface area contributed by atoms with E-state index < -0.39 is 10.0 Å². The van der Waals surface area contributed by atoms with Crippen molar-refractivity contribution in [3.05, 3.63) is 29.3 Å². The number of nitrogens with two attached hydrogens (primary N) is 1. The van der Waals surface area contributed by atoms with Gasteiger partial charge in [-0.15, -0.1) is 0 Å². The molecule has 1 fully saturated rings. The molecule has 21 heavy (non-hydrogen) atoms. The van der Waals surface area contributed by atoms with Crippen molar-refractivity contribution in [2.75, 3.05) is 0 Å². The minimum Gasteiger partial charge on any atom is -0.326 e. The van der Waals surface area contributed by atoms with Gasteiger partial charge < -0.3 is 5.73 Å². The first kappa shape index (κ1) is 16.5. The van der Waals surface area contributed by atoms with Gasteiger partial charge in [0.25, 0.3) is 0 Å². The van der Waals surface area contributed by atoms with E-state index in [1.54, 1.807) is 6.07 Å². The zero-order valence-corrected chi connectivity index (χ0v) is 13.7. The van der Waals surface area contributed by atoms with Gasteiger partial charge in [0, 0.05) is 12.6 Å². The van der Waals surface area contributed by atoms with Crippen molar-refractivity contribution >= 4 is 10.0 Å². The van der Waals surface area contributed by atoms with Gasteiger partial charge in [0.1, 0.15) is 0 Å². The lowest BCUT2D eigenvalue weighted by atomic mass is 9.98. The molecule has 0 radical (unpaired) electrons. The first-order valence-corrected chi connectivity index (χ1v) is 9.24. The van der Waals surface area contributed by atoms with Crippen LogP contribution in [0.2, 0.25) is 0 Å². The first-order chi connectivity index (χ1) is 9.94. The molecule has 3 N–H and O–H groups in total. The molecule has 2 unspecified atom stereocenters. The summed E-state index contributed by atoms with van der Waals surface area (Å²) in [6.07, 6.45) is 5.51. The predicted molar refractivity (Wildman–Crippen MR) is 85.4 cm³/mol. The molecule has 118 valence electrons. The molecule has 1 aromatic carbocycles. The molecule has 2 atom stereocenters. The first-order valence-electron chi connectivity index (χ1n) is 7.76. The Hall–Kier alpha value is -0.910. The van der Waals surface area contributed by atoms with Crippen LogP contribution in [0.25, 0.3) is 0 Å². The van der Waals surface area contributed by atoms with E-state index in [0.717, 1.165) is 30.4 Å². The number of aryl methyl sites for hydroxylation is 1. The Morgan fingerprint density at radius 2 is 1.95 bits per heavy atom. The zero-order chi connectivity index (χ0) is 15.5. The van der Waals surface area contributed by atoms with Gasteiger partial charge in [0.05, 0.1) is 4.90 Å². The van der Waals surface area contributed by atoms with Gasteiger partial charge in [0.2, 0.25) is 10.0 Å². The van der Waals surface area contributed by atoms with Crippen LogP contribution in [0.4, 0.5) is 0 Å². The van der Waals surface area contributed by atoms with Crippen molar-refractivity contribution in [1.82, 2.24) is 4.72 Å². The van der Waals surface area contributed by atoms with Gasteiger partial charge in [0.15, 0.2) is 0 Å². The third kappa shape index (κ3) is 4.05. The van der Waals surface area contributed by atoms with Gasteiger partial charge in [-0.3, -0.25) is 0 Å². The summed E-state index contributed by atoms with van der Waals surface area (Å²) >= 11 is 0. The Labute approximate surface area is 128 Å². The maximum atomic E-state index is 12.7. The topological polar surface area (TPSA) is 72.2 Å². The van der Waals surface area contributed by atoms with Gasteiger partial charge in [-0.05, 0) is 42.9 Å². The average molecular weight is 310 g/mol. The molecule has 1 aliphatic carbocycles. The number of benzene rings is 1. The van der Waals surface area contributed by atoms with E-state index in [2.05, 4.69) is 11.6 Å². The maximum Gasteiger partial charge on any atom is 0.241 e. The summed E-state index contributed by atoms with van der Waals surface area (Å²) in [6, 6.07) is 5.44. The smallest absolute Gasteiger partial charge is 0.241 e. The normalized spacial score (nSPS) is 23.8. The number of hydrogen-bond donors (Lipinski definition) is 2. The molecular formula is C16H26N2O2S. The molecule has 4 nitrogen and oxygen atoms in total. The number of sulfonamides is 1. The fraction of sp³-hybridized carbons (Fsp3) is 0.625. The van der Waals surface area contributed by atoms with E-state index in [1.807, 2.05) is 19.1 Å². The summed E-state index contributed by atoms with van der Waals surface area (Å²) in [4.78, 5) is 0.363. The lowest BCUT2D eigenvalue weighted by molar-refractivity contribution is 0.399. The average Bonchev–Trinajstić information content (AvgIpc) is 2.64. The molecule has 0 saturated heterocycles. The summed E-state index contributed by atoms with van der Waals surface area (Å²) in [5, 5.41) is 0. The van der Waals surface area contributed by atoms with Crippen LogP contribution >= 0.6 is 0 Å². The lowest BCUT2D eigenvalue weighted by Crippen LogP contribution is -2.39. The van der Waals surface area contributed by atoms with Crippen molar-refractivity contribution in [2.24, 2.45) is 11.7 Å².